The molecular formula is C22H24ClN5O. The van der Waals surface area contributed by atoms with Crippen LogP contribution in [0.15, 0.2) is 30.3 Å². The number of rotatable bonds is 3. The Morgan fingerprint density at radius 1 is 1.14 bits per heavy atom. The van der Waals surface area contributed by atoms with E-state index in [4.69, 9.17) is 27.4 Å². The van der Waals surface area contributed by atoms with Gasteiger partial charge in [0.15, 0.2) is 5.65 Å². The minimum atomic E-state index is -0.0879. The van der Waals surface area contributed by atoms with E-state index in [2.05, 4.69) is 13.0 Å². The van der Waals surface area contributed by atoms with Gasteiger partial charge in [-0.25, -0.2) is 9.50 Å². The molecule has 1 aromatic carbocycles. The van der Waals surface area contributed by atoms with Crippen LogP contribution in [0.1, 0.15) is 71.5 Å². The van der Waals surface area contributed by atoms with Crippen LogP contribution in [0.3, 0.4) is 0 Å². The van der Waals surface area contributed by atoms with E-state index in [9.17, 15) is 4.79 Å². The highest BCUT2D eigenvalue weighted by atomic mass is 35.5. The van der Waals surface area contributed by atoms with E-state index in [0.717, 1.165) is 42.0 Å². The molecule has 2 N–H and O–H groups in total. The third-order valence-corrected chi connectivity index (χ3v) is 6.23. The number of benzene rings is 1. The number of piperidine rings is 1. The monoisotopic (exact) mass is 409 g/mol. The van der Waals surface area contributed by atoms with Gasteiger partial charge in [-0.2, -0.15) is 5.10 Å². The number of aromatic nitrogens is 3. The molecule has 150 valence electrons. The fraction of sp³-hybridized carbons (Fsp3) is 0.409. The number of fused-ring (bicyclic) bond motifs is 1. The second-order valence-electron chi connectivity index (χ2n) is 8.18. The maximum atomic E-state index is 13.3. The van der Waals surface area contributed by atoms with Crippen molar-refractivity contribution in [2.45, 2.75) is 51.0 Å². The number of amides is 1. The molecule has 1 saturated heterocycles. The van der Waals surface area contributed by atoms with Gasteiger partial charge in [-0.1, -0.05) is 11.6 Å². The van der Waals surface area contributed by atoms with Crippen molar-refractivity contribution in [3.63, 3.8) is 0 Å². The van der Waals surface area contributed by atoms with Crippen molar-refractivity contribution in [3.05, 3.63) is 58.0 Å². The summed E-state index contributed by atoms with van der Waals surface area (Å²) in [5.74, 6) is 0.505. The molecule has 0 bridgehead atoms. The molecule has 6 nitrogen and oxygen atoms in total. The Balaban J connectivity index is 1.52. The molecule has 0 spiro atoms. The Bertz CT molecular complexity index is 1100. The van der Waals surface area contributed by atoms with Crippen molar-refractivity contribution >= 4 is 28.8 Å². The van der Waals surface area contributed by atoms with Crippen LogP contribution in [0.2, 0.25) is 5.02 Å². The highest BCUT2D eigenvalue weighted by Crippen LogP contribution is 2.40. The van der Waals surface area contributed by atoms with Gasteiger partial charge >= 0.3 is 0 Å². The Morgan fingerprint density at radius 3 is 2.76 bits per heavy atom. The predicted molar refractivity (Wildman–Crippen MR) is 113 cm³/mol. The maximum Gasteiger partial charge on any atom is 0.256 e. The van der Waals surface area contributed by atoms with E-state index >= 15 is 0 Å². The van der Waals surface area contributed by atoms with Crippen molar-refractivity contribution in [2.75, 3.05) is 12.3 Å². The molecule has 0 radical (unpaired) electrons. The molecule has 1 aliphatic heterocycles. The summed E-state index contributed by atoms with van der Waals surface area (Å²) in [7, 11) is 0. The lowest BCUT2D eigenvalue weighted by molar-refractivity contribution is 0.0607. The van der Waals surface area contributed by atoms with E-state index in [1.807, 2.05) is 15.5 Å². The van der Waals surface area contributed by atoms with Crippen molar-refractivity contribution in [2.24, 2.45) is 0 Å². The van der Waals surface area contributed by atoms with Crippen molar-refractivity contribution in [1.29, 1.82) is 0 Å². The van der Waals surface area contributed by atoms with Gasteiger partial charge in [0.1, 0.15) is 0 Å². The van der Waals surface area contributed by atoms with Crippen LogP contribution < -0.4 is 5.73 Å². The van der Waals surface area contributed by atoms with Crippen LogP contribution in [0.4, 0.5) is 5.69 Å². The third-order valence-electron chi connectivity index (χ3n) is 5.99. The molecular weight excluding hydrogens is 386 g/mol. The van der Waals surface area contributed by atoms with E-state index < -0.39 is 0 Å². The minimum absolute atomic E-state index is 0.0832. The first-order chi connectivity index (χ1) is 14.0. The fourth-order valence-electron chi connectivity index (χ4n) is 4.27. The zero-order valence-corrected chi connectivity index (χ0v) is 17.2. The molecule has 2 aromatic heterocycles. The first-order valence-electron chi connectivity index (χ1n) is 10.2. The predicted octanol–water partition coefficient (Wildman–Crippen LogP) is 4.52. The highest BCUT2D eigenvalue weighted by molar-refractivity contribution is 6.31. The molecule has 1 unspecified atom stereocenters. The Hall–Kier alpha value is -2.60. The number of hydrogen-bond donors (Lipinski definition) is 1. The summed E-state index contributed by atoms with van der Waals surface area (Å²) in [6.45, 7) is 2.75. The van der Waals surface area contributed by atoms with Gasteiger partial charge in [0.25, 0.3) is 5.91 Å². The van der Waals surface area contributed by atoms with E-state index in [1.165, 1.54) is 12.8 Å². The van der Waals surface area contributed by atoms with Gasteiger partial charge in [0, 0.05) is 40.6 Å². The van der Waals surface area contributed by atoms with Gasteiger partial charge in [-0.3, -0.25) is 4.79 Å². The zero-order valence-electron chi connectivity index (χ0n) is 16.4. The summed E-state index contributed by atoms with van der Waals surface area (Å²) in [4.78, 5) is 20.0. The average molecular weight is 410 g/mol. The number of carbonyl (C=O) groups excluding carboxylic acids is 1. The molecule has 1 atom stereocenters. The van der Waals surface area contributed by atoms with Crippen LogP contribution >= 0.6 is 11.6 Å². The van der Waals surface area contributed by atoms with Gasteiger partial charge in [-0.15, -0.1) is 0 Å². The highest BCUT2D eigenvalue weighted by Gasteiger charge is 2.32. The van der Waals surface area contributed by atoms with Crippen molar-refractivity contribution in [3.8, 4) is 0 Å². The number of likely N-dealkylation sites (tertiary alicyclic amines) is 1. The summed E-state index contributed by atoms with van der Waals surface area (Å²) in [6, 6.07) is 9.14. The first-order valence-corrected chi connectivity index (χ1v) is 10.6. The van der Waals surface area contributed by atoms with Gasteiger partial charge in [-0.05, 0) is 63.3 Å². The summed E-state index contributed by atoms with van der Waals surface area (Å²) >= 11 is 6.12. The second-order valence-corrected chi connectivity index (χ2v) is 8.61. The molecule has 3 heterocycles. The summed E-state index contributed by atoms with van der Waals surface area (Å²) in [5.41, 5.74) is 11.0. The van der Waals surface area contributed by atoms with Gasteiger partial charge < -0.3 is 10.6 Å². The second kappa shape index (κ2) is 7.02. The Kier molecular flexibility index (Phi) is 4.46. The van der Waals surface area contributed by atoms with E-state index in [1.54, 1.807) is 18.2 Å². The molecule has 7 heteroatoms. The van der Waals surface area contributed by atoms with Crippen LogP contribution in [0, 0.1) is 6.92 Å². The Labute approximate surface area is 174 Å². The Morgan fingerprint density at radius 2 is 1.97 bits per heavy atom. The topological polar surface area (TPSA) is 76.5 Å². The zero-order chi connectivity index (χ0) is 20.1. The van der Waals surface area contributed by atoms with Crippen LogP contribution in [-0.4, -0.2) is 31.9 Å². The molecule has 1 saturated carbocycles. The summed E-state index contributed by atoms with van der Waals surface area (Å²) in [5, 5.41) is 5.34. The van der Waals surface area contributed by atoms with Crippen LogP contribution in [0.5, 0.6) is 0 Å². The van der Waals surface area contributed by atoms with E-state index in [0.29, 0.717) is 28.7 Å². The number of halogens is 1. The molecule has 3 aromatic rings. The number of anilines is 1. The SMILES string of the molecule is Cc1cc(C2CC2)nc2cc(C3CCCCN3C(=O)c3cc(Cl)ccc3N)nn12. The lowest BCUT2D eigenvalue weighted by atomic mass is 9.98. The molecule has 5 rings (SSSR count). The average Bonchev–Trinajstić information content (AvgIpc) is 3.48. The van der Waals surface area contributed by atoms with E-state index in [-0.39, 0.29) is 11.9 Å². The standard InChI is InChI=1S/C22H24ClN5O/c1-13-10-18(14-5-6-14)25-21-12-19(26-28(13)21)20-4-2-3-9-27(20)22(29)16-11-15(23)7-8-17(16)24/h7-8,10-12,14,20H,2-6,9,24H2,1H3. The van der Waals surface area contributed by atoms with Crippen LogP contribution in [0.25, 0.3) is 5.65 Å². The third kappa shape index (κ3) is 3.35. The first kappa shape index (κ1) is 18.4. The molecule has 1 amide bonds. The summed E-state index contributed by atoms with van der Waals surface area (Å²) in [6.07, 6.45) is 5.35. The number of carbonyl (C=O) groups is 1. The number of nitrogens with two attached hydrogens (primary N) is 1. The number of nitrogens with zero attached hydrogens (tertiary/aromatic N) is 4. The number of nitrogen functional groups attached to an aromatic ring is 1. The minimum Gasteiger partial charge on any atom is -0.398 e. The quantitative estimate of drug-likeness (QED) is 0.645. The van der Waals surface area contributed by atoms with Crippen molar-refractivity contribution < 1.29 is 4.79 Å². The number of aryl methyl sites for hydroxylation is 1. The number of hydrogen-bond acceptors (Lipinski definition) is 4. The van der Waals surface area contributed by atoms with Gasteiger partial charge in [0.2, 0.25) is 0 Å². The fourth-order valence-corrected chi connectivity index (χ4v) is 4.44. The van der Waals surface area contributed by atoms with Crippen molar-refractivity contribution in [1.82, 2.24) is 19.5 Å². The summed E-state index contributed by atoms with van der Waals surface area (Å²) < 4.78 is 1.90. The lowest BCUT2D eigenvalue weighted by Gasteiger charge is -2.35. The molecule has 2 fully saturated rings. The molecule has 29 heavy (non-hydrogen) atoms. The lowest BCUT2D eigenvalue weighted by Crippen LogP contribution is -2.39. The normalized spacial score (nSPS) is 19.7. The van der Waals surface area contributed by atoms with Crippen LogP contribution in [-0.2, 0) is 0 Å². The smallest absolute Gasteiger partial charge is 0.256 e. The molecule has 1 aliphatic carbocycles. The maximum absolute atomic E-state index is 13.3. The molecule has 2 aliphatic rings. The largest absolute Gasteiger partial charge is 0.398 e. The van der Waals surface area contributed by atoms with Gasteiger partial charge in [0.05, 0.1) is 17.3 Å².